The molecule has 0 fully saturated rings. The molecule has 0 saturated carbocycles. The lowest BCUT2D eigenvalue weighted by Crippen LogP contribution is -2.37. The Labute approximate surface area is 142 Å². The largest absolute Gasteiger partial charge is 0.482 e. The molecule has 116 valence electrons. The van der Waals surface area contributed by atoms with Gasteiger partial charge in [-0.1, -0.05) is 23.2 Å². The summed E-state index contributed by atoms with van der Waals surface area (Å²) in [6.07, 6.45) is 1.98. The summed E-state index contributed by atoms with van der Waals surface area (Å²) < 4.78 is 10.6. The van der Waals surface area contributed by atoms with Gasteiger partial charge in [-0.3, -0.25) is 4.79 Å². The number of amides is 1. The van der Waals surface area contributed by atoms with Gasteiger partial charge >= 0.3 is 0 Å². The van der Waals surface area contributed by atoms with Crippen LogP contribution in [-0.4, -0.2) is 17.6 Å². The van der Waals surface area contributed by atoms with E-state index in [1.54, 1.807) is 24.5 Å². The fraction of sp³-hybridized carbons (Fsp3) is 0.143. The van der Waals surface area contributed by atoms with E-state index in [1.165, 1.54) is 0 Å². The maximum absolute atomic E-state index is 11.5. The van der Waals surface area contributed by atoms with Crippen LogP contribution in [0.4, 0.5) is 0 Å². The summed E-state index contributed by atoms with van der Waals surface area (Å²) in [6, 6.07) is 6.82. The molecule has 22 heavy (non-hydrogen) atoms. The van der Waals surface area contributed by atoms with Crippen LogP contribution in [0.3, 0.4) is 0 Å². The number of hydrogen-bond donors (Lipinski definition) is 2. The van der Waals surface area contributed by atoms with Gasteiger partial charge < -0.3 is 20.2 Å². The lowest BCUT2D eigenvalue weighted by molar-refractivity contribution is -0.121. The molecule has 0 bridgehead atoms. The maximum atomic E-state index is 11.5. The average Bonchev–Trinajstić information content (AvgIpc) is 2.95. The normalized spacial score (nSPS) is 10.3. The van der Waals surface area contributed by atoms with Crippen LogP contribution in [-0.2, 0) is 11.2 Å². The van der Waals surface area contributed by atoms with E-state index in [4.69, 9.17) is 38.1 Å². The van der Waals surface area contributed by atoms with Gasteiger partial charge in [-0.2, -0.15) is 0 Å². The van der Waals surface area contributed by atoms with Crippen molar-refractivity contribution in [2.75, 3.05) is 6.61 Å². The lowest BCUT2D eigenvalue weighted by atomic mass is 10.1. The molecular weight excluding hydrogens is 347 g/mol. The van der Waals surface area contributed by atoms with Gasteiger partial charge in [-0.05, 0) is 36.5 Å². The highest BCUT2D eigenvalue weighted by atomic mass is 35.5. The van der Waals surface area contributed by atoms with Gasteiger partial charge in [0.15, 0.2) is 11.7 Å². The number of halogens is 2. The van der Waals surface area contributed by atoms with Gasteiger partial charge in [0.25, 0.3) is 5.91 Å². The van der Waals surface area contributed by atoms with Crippen LogP contribution in [0.15, 0.2) is 34.9 Å². The first-order valence-corrected chi connectivity index (χ1v) is 7.35. The van der Waals surface area contributed by atoms with Gasteiger partial charge in [-0.15, -0.1) is 0 Å². The molecule has 1 aromatic carbocycles. The molecule has 0 aliphatic heterocycles. The molecule has 2 aromatic rings. The summed E-state index contributed by atoms with van der Waals surface area (Å²) in [5.41, 5.74) is 5.86. The van der Waals surface area contributed by atoms with E-state index < -0.39 is 5.91 Å². The summed E-state index contributed by atoms with van der Waals surface area (Å²) in [5.74, 6) is 0.587. The molecule has 0 saturated heterocycles. The Morgan fingerprint density at radius 2 is 2.14 bits per heavy atom. The first-order valence-electron chi connectivity index (χ1n) is 6.18. The average molecular weight is 359 g/mol. The van der Waals surface area contributed by atoms with E-state index >= 15 is 0 Å². The Bertz CT molecular complexity index is 690. The molecule has 5 nitrogen and oxygen atoms in total. The van der Waals surface area contributed by atoms with E-state index in [1.807, 2.05) is 6.07 Å². The molecule has 1 heterocycles. The zero-order chi connectivity index (χ0) is 16.1. The van der Waals surface area contributed by atoms with E-state index in [9.17, 15) is 4.79 Å². The zero-order valence-corrected chi connectivity index (χ0v) is 13.6. The third-order valence-corrected chi connectivity index (χ3v) is 3.57. The maximum Gasteiger partial charge on any atom is 0.264 e. The van der Waals surface area contributed by atoms with E-state index in [-0.39, 0.29) is 11.7 Å². The third-order valence-electron chi connectivity index (χ3n) is 2.70. The SMILES string of the molecule is NC(=S)NC(=O)COc1ccc(Cl)c(Cc2ccco2)c1Cl. The van der Waals surface area contributed by atoms with Crippen molar-refractivity contribution >= 4 is 46.4 Å². The molecule has 0 atom stereocenters. The van der Waals surface area contributed by atoms with Crippen LogP contribution < -0.4 is 15.8 Å². The second-order valence-corrected chi connectivity index (χ2v) is 5.52. The van der Waals surface area contributed by atoms with Crippen molar-refractivity contribution in [3.05, 3.63) is 51.9 Å². The summed E-state index contributed by atoms with van der Waals surface area (Å²) in [6.45, 7) is -0.265. The molecule has 2 rings (SSSR count). The molecule has 0 radical (unpaired) electrons. The number of thiocarbonyl (C=S) groups is 1. The number of benzene rings is 1. The van der Waals surface area contributed by atoms with Gasteiger partial charge in [0.1, 0.15) is 11.5 Å². The van der Waals surface area contributed by atoms with Gasteiger partial charge in [0.2, 0.25) is 0 Å². The van der Waals surface area contributed by atoms with Crippen molar-refractivity contribution in [2.45, 2.75) is 6.42 Å². The Morgan fingerprint density at radius 3 is 2.77 bits per heavy atom. The van der Waals surface area contributed by atoms with Crippen LogP contribution in [0, 0.1) is 0 Å². The van der Waals surface area contributed by atoms with Crippen LogP contribution in [0.25, 0.3) is 0 Å². The minimum absolute atomic E-state index is 0.116. The number of nitrogens with two attached hydrogens (primary N) is 1. The Morgan fingerprint density at radius 1 is 1.36 bits per heavy atom. The fourth-order valence-electron chi connectivity index (χ4n) is 1.75. The van der Waals surface area contributed by atoms with Crippen molar-refractivity contribution in [1.29, 1.82) is 0 Å². The Balaban J connectivity index is 2.12. The number of ether oxygens (including phenoxy) is 1. The van der Waals surface area contributed by atoms with Crippen molar-refractivity contribution in [3.63, 3.8) is 0 Å². The van der Waals surface area contributed by atoms with E-state index in [0.29, 0.717) is 33.5 Å². The van der Waals surface area contributed by atoms with Crippen LogP contribution in [0.2, 0.25) is 10.0 Å². The lowest BCUT2D eigenvalue weighted by Gasteiger charge is -2.12. The monoisotopic (exact) mass is 358 g/mol. The third kappa shape index (κ3) is 4.37. The quantitative estimate of drug-likeness (QED) is 0.803. The number of carbonyl (C=O) groups excluding carboxylic acids is 1. The minimum atomic E-state index is -0.467. The van der Waals surface area contributed by atoms with Gasteiger partial charge in [0, 0.05) is 17.0 Å². The highest BCUT2D eigenvalue weighted by molar-refractivity contribution is 7.80. The zero-order valence-electron chi connectivity index (χ0n) is 11.3. The highest BCUT2D eigenvalue weighted by Crippen LogP contribution is 2.35. The fourth-order valence-corrected chi connectivity index (χ4v) is 2.43. The molecule has 0 spiro atoms. The summed E-state index contributed by atoms with van der Waals surface area (Å²) in [5, 5.41) is 2.95. The molecule has 0 aliphatic rings. The standard InChI is InChI=1S/C14H12Cl2N2O3S/c15-10-3-4-11(21-7-12(19)18-14(17)22)13(16)9(10)6-8-2-1-5-20-8/h1-5H,6-7H2,(H3,17,18,19,22). The second kappa shape index (κ2) is 7.49. The molecule has 1 aromatic heterocycles. The molecule has 8 heteroatoms. The number of carbonyl (C=O) groups is 1. The van der Waals surface area contributed by atoms with E-state index in [0.717, 1.165) is 0 Å². The van der Waals surface area contributed by atoms with Crippen LogP contribution >= 0.6 is 35.4 Å². The van der Waals surface area contributed by atoms with Gasteiger partial charge in [0.05, 0.1) is 11.3 Å². The number of nitrogens with one attached hydrogen (secondary N) is 1. The molecule has 0 aliphatic carbocycles. The number of hydrogen-bond acceptors (Lipinski definition) is 4. The van der Waals surface area contributed by atoms with Crippen LogP contribution in [0.5, 0.6) is 5.75 Å². The molecular formula is C14H12Cl2N2O3S. The number of rotatable bonds is 5. The summed E-state index contributed by atoms with van der Waals surface area (Å²) in [4.78, 5) is 11.5. The van der Waals surface area contributed by atoms with Crippen molar-refractivity contribution < 1.29 is 13.9 Å². The molecule has 0 unspecified atom stereocenters. The number of furan rings is 1. The first kappa shape index (κ1) is 16.6. The topological polar surface area (TPSA) is 77.5 Å². The Hall–Kier alpha value is -1.76. The van der Waals surface area contributed by atoms with Crippen molar-refractivity contribution in [2.24, 2.45) is 5.73 Å². The predicted octanol–water partition coefficient (Wildman–Crippen LogP) is 2.92. The highest BCUT2D eigenvalue weighted by Gasteiger charge is 2.14. The van der Waals surface area contributed by atoms with Crippen LogP contribution in [0.1, 0.15) is 11.3 Å². The second-order valence-electron chi connectivity index (χ2n) is 4.30. The van der Waals surface area contributed by atoms with E-state index in [2.05, 4.69) is 17.5 Å². The van der Waals surface area contributed by atoms with Crippen molar-refractivity contribution in [1.82, 2.24) is 5.32 Å². The minimum Gasteiger partial charge on any atom is -0.482 e. The Kier molecular flexibility index (Phi) is 5.65. The summed E-state index contributed by atoms with van der Waals surface area (Å²) in [7, 11) is 0. The van der Waals surface area contributed by atoms with Crippen molar-refractivity contribution in [3.8, 4) is 5.75 Å². The predicted molar refractivity (Wildman–Crippen MR) is 88.4 cm³/mol. The smallest absolute Gasteiger partial charge is 0.264 e. The summed E-state index contributed by atoms with van der Waals surface area (Å²) >= 11 is 17.0. The van der Waals surface area contributed by atoms with Gasteiger partial charge in [-0.25, -0.2) is 0 Å². The molecule has 1 amide bonds. The molecule has 3 N–H and O–H groups in total. The first-order chi connectivity index (χ1) is 10.5.